The van der Waals surface area contributed by atoms with E-state index in [-0.39, 0.29) is 5.56 Å². The zero-order valence-corrected chi connectivity index (χ0v) is 10.5. The fourth-order valence-electron chi connectivity index (χ4n) is 1.64. The van der Waals surface area contributed by atoms with Crippen molar-refractivity contribution in [1.29, 1.82) is 0 Å². The summed E-state index contributed by atoms with van der Waals surface area (Å²) in [6.45, 7) is 1.49. The summed E-state index contributed by atoms with van der Waals surface area (Å²) in [7, 11) is 0. The summed E-state index contributed by atoms with van der Waals surface area (Å²) in [4.78, 5) is 0. The van der Waals surface area contributed by atoms with E-state index in [1.165, 1.54) is 19.1 Å². The van der Waals surface area contributed by atoms with Crippen molar-refractivity contribution < 1.29 is 14.2 Å². The van der Waals surface area contributed by atoms with Crippen LogP contribution in [0.3, 0.4) is 0 Å². The summed E-state index contributed by atoms with van der Waals surface area (Å²) in [6.07, 6.45) is -0.937. The third kappa shape index (κ3) is 2.81. The van der Waals surface area contributed by atoms with E-state index in [2.05, 4.69) is 0 Å². The molecule has 0 heterocycles. The highest BCUT2D eigenvalue weighted by molar-refractivity contribution is 6.30. The van der Waals surface area contributed by atoms with Crippen molar-refractivity contribution in [3.8, 4) is 11.5 Å². The summed E-state index contributed by atoms with van der Waals surface area (Å²) in [6, 6.07) is 11.2. The summed E-state index contributed by atoms with van der Waals surface area (Å²) in [5.74, 6) is 0.343. The van der Waals surface area contributed by atoms with Gasteiger partial charge in [-0.15, -0.1) is 0 Å². The lowest BCUT2D eigenvalue weighted by molar-refractivity contribution is 0.190. The molecule has 2 nitrogen and oxygen atoms in total. The van der Waals surface area contributed by atoms with E-state index in [1.54, 1.807) is 30.3 Å². The van der Waals surface area contributed by atoms with Crippen LogP contribution in [0.2, 0.25) is 5.02 Å². The average molecular weight is 267 g/mol. The van der Waals surface area contributed by atoms with Crippen molar-refractivity contribution >= 4 is 11.6 Å². The first-order valence-corrected chi connectivity index (χ1v) is 5.85. The van der Waals surface area contributed by atoms with Gasteiger partial charge in [-0.2, -0.15) is 0 Å². The van der Waals surface area contributed by atoms with Crippen molar-refractivity contribution in [2.45, 2.75) is 13.0 Å². The molecule has 0 fully saturated rings. The molecule has 0 aromatic heterocycles. The Balaban J connectivity index is 2.34. The Hall–Kier alpha value is -1.58. The first kappa shape index (κ1) is 12.9. The molecule has 18 heavy (non-hydrogen) atoms. The smallest absolute Gasteiger partial charge is 0.136 e. The minimum atomic E-state index is -0.937. The second kappa shape index (κ2) is 5.38. The van der Waals surface area contributed by atoms with Crippen molar-refractivity contribution in [1.82, 2.24) is 0 Å². The third-order valence-corrected chi connectivity index (χ3v) is 2.72. The Morgan fingerprint density at radius 3 is 2.44 bits per heavy atom. The van der Waals surface area contributed by atoms with Crippen molar-refractivity contribution in [3.63, 3.8) is 0 Å². The molecule has 0 saturated carbocycles. The van der Waals surface area contributed by atoms with Gasteiger partial charge in [-0.05, 0) is 43.3 Å². The molecule has 1 atom stereocenters. The van der Waals surface area contributed by atoms with Crippen LogP contribution in [0.5, 0.6) is 11.5 Å². The number of aliphatic hydroxyl groups excluding tert-OH is 1. The Morgan fingerprint density at radius 1 is 1.17 bits per heavy atom. The molecule has 94 valence electrons. The Morgan fingerprint density at radius 2 is 1.83 bits per heavy atom. The van der Waals surface area contributed by atoms with Crippen LogP contribution in [-0.4, -0.2) is 5.11 Å². The highest BCUT2D eigenvalue weighted by Crippen LogP contribution is 2.31. The van der Waals surface area contributed by atoms with Crippen LogP contribution < -0.4 is 4.74 Å². The summed E-state index contributed by atoms with van der Waals surface area (Å²) in [5, 5.41) is 10.2. The van der Waals surface area contributed by atoms with E-state index in [1.807, 2.05) is 0 Å². The molecule has 0 radical (unpaired) electrons. The van der Waals surface area contributed by atoms with Gasteiger partial charge in [0.2, 0.25) is 0 Å². The molecule has 0 saturated heterocycles. The molecule has 0 aliphatic rings. The van der Waals surface area contributed by atoms with Crippen molar-refractivity contribution in [2.75, 3.05) is 0 Å². The summed E-state index contributed by atoms with van der Waals surface area (Å²) in [5.41, 5.74) is 0.146. The zero-order valence-electron chi connectivity index (χ0n) is 9.73. The number of rotatable bonds is 3. The Labute approximate surface area is 110 Å². The highest BCUT2D eigenvalue weighted by atomic mass is 35.5. The van der Waals surface area contributed by atoms with E-state index < -0.39 is 11.9 Å². The fourth-order valence-corrected chi connectivity index (χ4v) is 1.77. The second-order valence-electron chi connectivity index (χ2n) is 3.88. The lowest BCUT2D eigenvalue weighted by atomic mass is 10.1. The Bertz CT molecular complexity index is 538. The first-order chi connectivity index (χ1) is 8.58. The van der Waals surface area contributed by atoms with Gasteiger partial charge in [0.25, 0.3) is 0 Å². The molecular weight excluding hydrogens is 255 g/mol. The number of aliphatic hydroxyl groups is 1. The minimum Gasteiger partial charge on any atom is -0.457 e. The molecule has 2 aromatic carbocycles. The minimum absolute atomic E-state index is 0.146. The molecule has 0 aliphatic carbocycles. The summed E-state index contributed by atoms with van der Waals surface area (Å²) >= 11 is 5.77. The average Bonchev–Trinajstić information content (AvgIpc) is 2.32. The molecule has 0 spiro atoms. The first-order valence-electron chi connectivity index (χ1n) is 5.48. The van der Waals surface area contributed by atoms with Gasteiger partial charge < -0.3 is 9.84 Å². The number of benzene rings is 2. The van der Waals surface area contributed by atoms with Gasteiger partial charge in [-0.1, -0.05) is 17.7 Å². The van der Waals surface area contributed by atoms with Gasteiger partial charge in [0, 0.05) is 5.02 Å². The van der Waals surface area contributed by atoms with E-state index in [4.69, 9.17) is 16.3 Å². The molecule has 0 aliphatic heterocycles. The normalized spacial score (nSPS) is 12.2. The number of hydrogen-bond donors (Lipinski definition) is 1. The number of ether oxygens (including phenoxy) is 1. The van der Waals surface area contributed by atoms with Gasteiger partial charge in [0.05, 0.1) is 11.7 Å². The molecule has 2 rings (SSSR count). The van der Waals surface area contributed by atoms with Gasteiger partial charge >= 0.3 is 0 Å². The van der Waals surface area contributed by atoms with Gasteiger partial charge in [-0.3, -0.25) is 0 Å². The Kier molecular flexibility index (Phi) is 3.84. The van der Waals surface area contributed by atoms with Crippen LogP contribution in [0.15, 0.2) is 42.5 Å². The fraction of sp³-hybridized carbons (Fsp3) is 0.143. The second-order valence-corrected chi connectivity index (χ2v) is 4.32. The quantitative estimate of drug-likeness (QED) is 0.896. The van der Waals surface area contributed by atoms with E-state index in [9.17, 15) is 9.50 Å². The zero-order chi connectivity index (χ0) is 13.1. The predicted octanol–water partition coefficient (Wildman–Crippen LogP) is 4.32. The van der Waals surface area contributed by atoms with Crippen LogP contribution in [0.4, 0.5) is 4.39 Å². The maximum atomic E-state index is 13.6. The van der Waals surface area contributed by atoms with Gasteiger partial charge in [0.1, 0.15) is 17.3 Å². The molecular formula is C14H12ClFO2. The van der Waals surface area contributed by atoms with E-state index >= 15 is 0 Å². The largest absolute Gasteiger partial charge is 0.457 e. The molecule has 1 N–H and O–H groups in total. The van der Waals surface area contributed by atoms with Gasteiger partial charge in [-0.25, -0.2) is 4.39 Å². The SMILES string of the molecule is C[C@H](O)c1c(F)cccc1Oc1ccc(Cl)cc1. The molecule has 0 bridgehead atoms. The molecule has 2 aromatic rings. The maximum Gasteiger partial charge on any atom is 0.136 e. The van der Waals surface area contributed by atoms with Gasteiger partial charge in [0.15, 0.2) is 0 Å². The maximum absolute atomic E-state index is 13.6. The predicted molar refractivity (Wildman–Crippen MR) is 68.6 cm³/mol. The standard InChI is InChI=1S/C14H12ClFO2/c1-9(17)14-12(16)3-2-4-13(14)18-11-7-5-10(15)6-8-11/h2-9,17H,1H3/t9-/m0/s1. The highest BCUT2D eigenvalue weighted by Gasteiger charge is 2.15. The van der Waals surface area contributed by atoms with E-state index in [0.29, 0.717) is 16.5 Å². The molecule has 4 heteroatoms. The van der Waals surface area contributed by atoms with Crippen LogP contribution in [-0.2, 0) is 0 Å². The number of halogens is 2. The summed E-state index contributed by atoms with van der Waals surface area (Å²) < 4.78 is 19.2. The lowest BCUT2D eigenvalue weighted by Gasteiger charge is -2.13. The molecule has 0 unspecified atom stereocenters. The monoisotopic (exact) mass is 266 g/mol. The van der Waals surface area contributed by atoms with Crippen molar-refractivity contribution in [2.24, 2.45) is 0 Å². The van der Waals surface area contributed by atoms with Crippen LogP contribution >= 0.6 is 11.6 Å². The lowest BCUT2D eigenvalue weighted by Crippen LogP contribution is -1.99. The van der Waals surface area contributed by atoms with Crippen LogP contribution in [0.25, 0.3) is 0 Å². The van der Waals surface area contributed by atoms with Crippen molar-refractivity contribution in [3.05, 3.63) is 58.9 Å². The third-order valence-electron chi connectivity index (χ3n) is 2.47. The van der Waals surface area contributed by atoms with Crippen LogP contribution in [0.1, 0.15) is 18.6 Å². The number of hydrogen-bond acceptors (Lipinski definition) is 2. The van der Waals surface area contributed by atoms with Crippen LogP contribution in [0, 0.1) is 5.82 Å². The molecule has 0 amide bonds. The topological polar surface area (TPSA) is 29.5 Å². The van der Waals surface area contributed by atoms with E-state index in [0.717, 1.165) is 0 Å².